The summed E-state index contributed by atoms with van der Waals surface area (Å²) in [4.78, 5) is 12.4. The van der Waals surface area contributed by atoms with Crippen LogP contribution in [0.3, 0.4) is 0 Å². The van der Waals surface area contributed by atoms with Crippen LogP contribution in [0.25, 0.3) is 11.2 Å². The third-order valence-corrected chi connectivity index (χ3v) is 5.53. The zero-order chi connectivity index (χ0) is 17.6. The van der Waals surface area contributed by atoms with Gasteiger partial charge >= 0.3 is 0 Å². The number of rotatable bonds is 4. The Morgan fingerprint density at radius 1 is 1.33 bits per heavy atom. The highest BCUT2D eigenvalue weighted by atomic mass is 32.2. The lowest BCUT2D eigenvalue weighted by Gasteiger charge is -2.18. The lowest BCUT2D eigenvalue weighted by molar-refractivity contribution is -0.0435. The molecular weight excluding hydrogens is 334 g/mol. The number of aryl methyl sites for hydroxylation is 1. The molecule has 1 aliphatic rings. The van der Waals surface area contributed by atoms with Crippen LogP contribution in [-0.4, -0.2) is 71.1 Å². The highest BCUT2D eigenvalue weighted by molar-refractivity contribution is 7.95. The minimum absolute atomic E-state index is 0.234. The summed E-state index contributed by atoms with van der Waals surface area (Å²) in [5.41, 5.74) is 6.07. The molecule has 9 nitrogen and oxygen atoms in total. The van der Waals surface area contributed by atoms with E-state index in [2.05, 4.69) is 15.0 Å². The SMILES string of the molecule is Cc1nc2c(N)ncnc2n1[C@@H]1O[C@H](CC(O)[S+](C)C)[C@@H](O)[C@H]1O. The minimum Gasteiger partial charge on any atom is -0.388 e. The van der Waals surface area contributed by atoms with Gasteiger partial charge < -0.3 is 25.8 Å². The molecule has 1 aliphatic heterocycles. The van der Waals surface area contributed by atoms with Gasteiger partial charge in [-0.15, -0.1) is 0 Å². The molecule has 3 rings (SSSR count). The van der Waals surface area contributed by atoms with Crippen LogP contribution in [0.15, 0.2) is 6.33 Å². The van der Waals surface area contributed by atoms with Gasteiger partial charge in [0.1, 0.15) is 24.4 Å². The number of fused-ring (bicyclic) bond motifs is 1. The number of imidazole rings is 1. The molecule has 0 aliphatic carbocycles. The first-order valence-corrected chi connectivity index (χ1v) is 9.62. The predicted octanol–water partition coefficient (Wildman–Crippen LogP) is -1.08. The fourth-order valence-corrected chi connectivity index (χ4v) is 3.44. The van der Waals surface area contributed by atoms with Crippen LogP contribution in [-0.2, 0) is 15.6 Å². The van der Waals surface area contributed by atoms with Gasteiger partial charge in [-0.05, 0) is 6.92 Å². The molecule has 5 N–H and O–H groups in total. The zero-order valence-electron chi connectivity index (χ0n) is 13.7. The number of ether oxygens (including phenoxy) is 1. The Balaban J connectivity index is 1.93. The van der Waals surface area contributed by atoms with Crippen LogP contribution in [0.1, 0.15) is 18.5 Å². The van der Waals surface area contributed by atoms with Crippen LogP contribution in [0.2, 0.25) is 0 Å². The van der Waals surface area contributed by atoms with E-state index in [0.29, 0.717) is 17.0 Å². The van der Waals surface area contributed by atoms with Gasteiger partial charge in [0.2, 0.25) is 5.44 Å². The van der Waals surface area contributed by atoms with Crippen molar-refractivity contribution in [3.05, 3.63) is 12.2 Å². The quantitative estimate of drug-likeness (QED) is 0.507. The maximum absolute atomic E-state index is 10.4. The molecule has 1 fully saturated rings. The molecule has 0 aromatic carbocycles. The molecular formula is C14H22N5O4S+. The molecule has 0 bridgehead atoms. The molecule has 10 heteroatoms. The molecule has 0 spiro atoms. The maximum Gasteiger partial charge on any atom is 0.217 e. The predicted molar refractivity (Wildman–Crippen MR) is 90.2 cm³/mol. The smallest absolute Gasteiger partial charge is 0.217 e. The van der Waals surface area contributed by atoms with Crippen molar-refractivity contribution in [2.75, 3.05) is 18.2 Å². The molecule has 2 aromatic heterocycles. The van der Waals surface area contributed by atoms with Crippen molar-refractivity contribution in [1.29, 1.82) is 0 Å². The highest BCUT2D eigenvalue weighted by Crippen LogP contribution is 2.35. The van der Waals surface area contributed by atoms with Crippen LogP contribution >= 0.6 is 0 Å². The highest BCUT2D eigenvalue weighted by Gasteiger charge is 2.46. The molecule has 2 aromatic rings. The second kappa shape index (κ2) is 6.45. The summed E-state index contributed by atoms with van der Waals surface area (Å²) in [6, 6.07) is 0. The Morgan fingerprint density at radius 2 is 2.04 bits per heavy atom. The van der Waals surface area contributed by atoms with E-state index in [4.69, 9.17) is 10.5 Å². The van der Waals surface area contributed by atoms with Crippen LogP contribution in [0.5, 0.6) is 0 Å². The van der Waals surface area contributed by atoms with Gasteiger partial charge in [0.25, 0.3) is 0 Å². The van der Waals surface area contributed by atoms with Crippen molar-refractivity contribution in [3.8, 4) is 0 Å². The number of nitrogens with zero attached hydrogens (tertiary/aromatic N) is 4. The second-order valence-electron chi connectivity index (χ2n) is 6.08. The second-order valence-corrected chi connectivity index (χ2v) is 8.38. The number of hydrogen-bond donors (Lipinski definition) is 4. The lowest BCUT2D eigenvalue weighted by atomic mass is 10.1. The molecule has 24 heavy (non-hydrogen) atoms. The summed E-state index contributed by atoms with van der Waals surface area (Å²) in [7, 11) is -0.234. The summed E-state index contributed by atoms with van der Waals surface area (Å²) < 4.78 is 7.45. The van der Waals surface area contributed by atoms with E-state index >= 15 is 0 Å². The zero-order valence-corrected chi connectivity index (χ0v) is 14.5. The van der Waals surface area contributed by atoms with Gasteiger partial charge in [-0.2, -0.15) is 0 Å². The van der Waals surface area contributed by atoms with E-state index in [1.807, 2.05) is 12.5 Å². The minimum atomic E-state index is -1.16. The summed E-state index contributed by atoms with van der Waals surface area (Å²) >= 11 is 0. The first-order chi connectivity index (χ1) is 11.3. The molecule has 0 amide bonds. The number of nitrogen functional groups attached to an aromatic ring is 1. The number of aliphatic hydroxyl groups excluding tert-OH is 3. The topological polar surface area (TPSA) is 140 Å². The van der Waals surface area contributed by atoms with Crippen molar-refractivity contribution in [1.82, 2.24) is 19.5 Å². The van der Waals surface area contributed by atoms with E-state index in [1.54, 1.807) is 11.5 Å². The van der Waals surface area contributed by atoms with Crippen molar-refractivity contribution in [2.24, 2.45) is 0 Å². The number of aromatic nitrogens is 4. The van der Waals surface area contributed by atoms with Crippen LogP contribution in [0.4, 0.5) is 5.82 Å². The number of anilines is 1. The number of hydrogen-bond acceptors (Lipinski definition) is 8. The van der Waals surface area contributed by atoms with Crippen LogP contribution < -0.4 is 5.73 Å². The van der Waals surface area contributed by atoms with E-state index in [9.17, 15) is 15.3 Å². The normalized spacial score (nSPS) is 28.8. The molecule has 0 saturated carbocycles. The Labute approximate surface area is 141 Å². The Hall–Kier alpha value is -1.46. The fraction of sp³-hybridized carbons (Fsp3) is 0.643. The lowest BCUT2D eigenvalue weighted by Crippen LogP contribution is -2.35. The van der Waals surface area contributed by atoms with E-state index < -0.39 is 30.0 Å². The first kappa shape index (κ1) is 17.4. The van der Waals surface area contributed by atoms with Gasteiger partial charge in [-0.1, -0.05) is 0 Å². The Bertz CT molecular complexity index is 739. The van der Waals surface area contributed by atoms with Crippen molar-refractivity contribution < 1.29 is 20.1 Å². The average Bonchev–Trinajstić information content (AvgIpc) is 2.99. The first-order valence-electron chi connectivity index (χ1n) is 7.52. The van der Waals surface area contributed by atoms with Gasteiger partial charge in [-0.25, -0.2) is 15.0 Å². The Morgan fingerprint density at radius 3 is 2.71 bits per heavy atom. The third-order valence-electron chi connectivity index (χ3n) is 4.25. The summed E-state index contributed by atoms with van der Waals surface area (Å²) in [6.07, 6.45) is 1.58. The van der Waals surface area contributed by atoms with Gasteiger partial charge in [0.15, 0.2) is 23.2 Å². The van der Waals surface area contributed by atoms with Crippen molar-refractivity contribution in [3.63, 3.8) is 0 Å². The fourth-order valence-electron chi connectivity index (χ4n) is 2.87. The Kier molecular flexibility index (Phi) is 4.67. The van der Waals surface area contributed by atoms with Crippen LogP contribution in [0, 0.1) is 6.92 Å². The largest absolute Gasteiger partial charge is 0.388 e. The summed E-state index contributed by atoms with van der Waals surface area (Å²) in [6.45, 7) is 1.74. The van der Waals surface area contributed by atoms with Gasteiger partial charge in [0.05, 0.1) is 18.6 Å². The number of aliphatic hydroxyl groups is 3. The van der Waals surface area contributed by atoms with Crippen molar-refractivity contribution in [2.45, 2.75) is 43.3 Å². The molecule has 3 heterocycles. The number of nitrogens with two attached hydrogens (primary N) is 1. The maximum atomic E-state index is 10.4. The molecule has 0 radical (unpaired) electrons. The molecule has 132 valence electrons. The van der Waals surface area contributed by atoms with E-state index in [-0.39, 0.29) is 23.1 Å². The summed E-state index contributed by atoms with van der Waals surface area (Å²) in [5, 5.41) is 30.8. The van der Waals surface area contributed by atoms with Gasteiger partial charge in [-0.3, -0.25) is 4.57 Å². The van der Waals surface area contributed by atoms with E-state index in [1.165, 1.54) is 6.33 Å². The summed E-state index contributed by atoms with van der Waals surface area (Å²) in [5.74, 6) is 0.781. The van der Waals surface area contributed by atoms with Gasteiger partial charge in [0, 0.05) is 17.3 Å². The van der Waals surface area contributed by atoms with Crippen molar-refractivity contribution >= 4 is 27.9 Å². The average molecular weight is 356 g/mol. The monoisotopic (exact) mass is 356 g/mol. The third kappa shape index (κ3) is 2.84. The van der Waals surface area contributed by atoms with E-state index in [0.717, 1.165) is 0 Å². The molecule has 1 unspecified atom stereocenters. The standard InChI is InChI=1S/C14H22N5O4S/c1-6-18-9-12(15)16-5-17-13(9)19(6)14-11(22)10(21)7(23-14)4-8(20)24(2)3/h5,7-8,10-11,14,20-22H,4H2,1-3H3,(H2,15,16,17)/q+1/t7-,8?,10-,11-,14-/m1/s1. The molecule has 1 saturated heterocycles. The molecule has 5 atom stereocenters.